The minimum absolute atomic E-state index is 0.188. The maximum Gasteiger partial charge on any atom is 0.236 e. The molecule has 18 heavy (non-hydrogen) atoms. The molecule has 0 saturated carbocycles. The molecule has 4 N–H and O–H groups in total. The largest absolute Gasteiger partial charge is 0.386 e. The van der Waals surface area contributed by atoms with Crippen LogP contribution in [0.4, 0.5) is 0 Å². The molecule has 1 amide bonds. The Kier molecular flexibility index (Phi) is 3.96. The van der Waals surface area contributed by atoms with Crippen LogP contribution in [-0.2, 0) is 4.79 Å². The van der Waals surface area contributed by atoms with E-state index in [9.17, 15) is 9.90 Å². The summed E-state index contributed by atoms with van der Waals surface area (Å²) in [5.74, 6) is -0.254. The van der Waals surface area contributed by atoms with Crippen LogP contribution in [0, 0.1) is 0 Å². The summed E-state index contributed by atoms with van der Waals surface area (Å²) < 4.78 is 1.13. The van der Waals surface area contributed by atoms with E-state index in [-0.39, 0.29) is 12.5 Å². The molecule has 0 aliphatic heterocycles. The van der Waals surface area contributed by atoms with Gasteiger partial charge in [-0.2, -0.15) is 0 Å². The molecule has 2 rings (SSSR count). The van der Waals surface area contributed by atoms with Gasteiger partial charge in [0, 0.05) is 16.1 Å². The third-order valence-corrected chi connectivity index (χ3v) is 3.87. The molecule has 1 aromatic heterocycles. The lowest BCUT2D eigenvalue weighted by atomic mass is 10.2. The molecule has 2 aromatic rings. The predicted octanol–water partition coefficient (Wildman–Crippen LogP) is 1.40. The molecule has 0 aliphatic carbocycles. The molecule has 5 heteroatoms. The third kappa shape index (κ3) is 2.87. The van der Waals surface area contributed by atoms with Crippen LogP contribution >= 0.6 is 11.3 Å². The first-order valence-electron chi connectivity index (χ1n) is 5.78. The van der Waals surface area contributed by atoms with Gasteiger partial charge in [-0.1, -0.05) is 18.2 Å². The summed E-state index contributed by atoms with van der Waals surface area (Å²) in [6.07, 6.45) is -0.690. The summed E-state index contributed by atoms with van der Waals surface area (Å²) >= 11 is 1.53. The van der Waals surface area contributed by atoms with Crippen molar-refractivity contribution in [2.75, 3.05) is 6.54 Å². The quantitative estimate of drug-likeness (QED) is 0.781. The lowest BCUT2D eigenvalue weighted by molar-refractivity contribution is -0.122. The van der Waals surface area contributed by atoms with Gasteiger partial charge in [0.05, 0.1) is 6.04 Å². The number of fused-ring (bicyclic) bond motifs is 1. The first-order valence-corrected chi connectivity index (χ1v) is 6.59. The lowest BCUT2D eigenvalue weighted by Crippen LogP contribution is -2.40. The van der Waals surface area contributed by atoms with Crippen LogP contribution < -0.4 is 11.1 Å². The molecular weight excluding hydrogens is 248 g/mol. The number of carbonyl (C=O) groups excluding carboxylic acids is 1. The number of thiophene rings is 1. The van der Waals surface area contributed by atoms with E-state index in [1.165, 1.54) is 11.3 Å². The van der Waals surface area contributed by atoms with Crippen LogP contribution in [0.15, 0.2) is 30.3 Å². The Morgan fingerprint density at radius 3 is 2.89 bits per heavy atom. The SMILES string of the molecule is C[C@@H](N)C(=O)NCC(O)c1cc2ccccc2s1. The van der Waals surface area contributed by atoms with Gasteiger partial charge in [0.25, 0.3) is 0 Å². The van der Waals surface area contributed by atoms with Crippen LogP contribution in [0.2, 0.25) is 0 Å². The normalized spacial score (nSPS) is 14.4. The monoisotopic (exact) mass is 264 g/mol. The zero-order chi connectivity index (χ0) is 13.1. The van der Waals surface area contributed by atoms with Gasteiger partial charge >= 0.3 is 0 Å². The summed E-state index contributed by atoms with van der Waals surface area (Å²) in [5, 5.41) is 13.7. The molecule has 0 radical (unpaired) electrons. The number of aliphatic hydroxyl groups excluding tert-OH is 1. The summed E-state index contributed by atoms with van der Waals surface area (Å²) in [7, 11) is 0. The van der Waals surface area contributed by atoms with Gasteiger partial charge in [-0.25, -0.2) is 0 Å². The molecule has 0 fully saturated rings. The average molecular weight is 264 g/mol. The van der Waals surface area contributed by atoms with E-state index in [4.69, 9.17) is 5.73 Å². The van der Waals surface area contributed by atoms with Crippen LogP contribution in [0.1, 0.15) is 17.9 Å². The number of hydrogen-bond acceptors (Lipinski definition) is 4. The van der Waals surface area contributed by atoms with E-state index in [1.54, 1.807) is 6.92 Å². The number of aliphatic hydroxyl groups is 1. The van der Waals surface area contributed by atoms with Gasteiger partial charge in [-0.05, 0) is 24.4 Å². The Hall–Kier alpha value is -1.43. The second-order valence-electron chi connectivity index (χ2n) is 4.24. The zero-order valence-electron chi connectivity index (χ0n) is 10.1. The van der Waals surface area contributed by atoms with E-state index in [1.807, 2.05) is 30.3 Å². The smallest absolute Gasteiger partial charge is 0.236 e. The molecule has 0 spiro atoms. The van der Waals surface area contributed by atoms with E-state index in [0.717, 1.165) is 15.0 Å². The number of rotatable bonds is 4. The van der Waals surface area contributed by atoms with Gasteiger partial charge in [-0.15, -0.1) is 11.3 Å². The Bertz CT molecular complexity index is 518. The second kappa shape index (κ2) is 5.48. The van der Waals surface area contributed by atoms with Crippen molar-refractivity contribution in [3.05, 3.63) is 35.2 Å². The number of benzene rings is 1. The highest BCUT2D eigenvalue weighted by Crippen LogP contribution is 2.29. The summed E-state index contributed by atoms with van der Waals surface area (Å²) in [4.78, 5) is 12.2. The molecule has 1 aromatic carbocycles. The van der Waals surface area contributed by atoms with Gasteiger partial charge in [0.2, 0.25) is 5.91 Å². The minimum Gasteiger partial charge on any atom is -0.386 e. The number of amides is 1. The molecule has 0 saturated heterocycles. The van der Waals surface area contributed by atoms with Crippen LogP contribution in [0.3, 0.4) is 0 Å². The zero-order valence-corrected chi connectivity index (χ0v) is 10.9. The summed E-state index contributed by atoms with van der Waals surface area (Å²) in [5.41, 5.74) is 5.43. The molecule has 1 heterocycles. The van der Waals surface area contributed by atoms with Gasteiger partial charge in [0.1, 0.15) is 6.10 Å². The van der Waals surface area contributed by atoms with E-state index in [2.05, 4.69) is 5.32 Å². The highest BCUT2D eigenvalue weighted by Gasteiger charge is 2.14. The van der Waals surface area contributed by atoms with Gasteiger partial charge in [0.15, 0.2) is 0 Å². The maximum atomic E-state index is 11.3. The second-order valence-corrected chi connectivity index (χ2v) is 5.35. The van der Waals surface area contributed by atoms with Crippen molar-refractivity contribution in [2.24, 2.45) is 5.73 Å². The first kappa shape index (κ1) is 13.0. The summed E-state index contributed by atoms with van der Waals surface area (Å²) in [6, 6.07) is 9.33. The van der Waals surface area contributed by atoms with E-state index in [0.29, 0.717) is 0 Å². The Balaban J connectivity index is 2.04. The molecule has 4 nitrogen and oxygen atoms in total. The van der Waals surface area contributed by atoms with Crippen LogP contribution in [0.5, 0.6) is 0 Å². The average Bonchev–Trinajstić information content (AvgIpc) is 2.79. The van der Waals surface area contributed by atoms with Crippen molar-refractivity contribution in [3.63, 3.8) is 0 Å². The molecule has 2 atom stereocenters. The number of nitrogens with one attached hydrogen (secondary N) is 1. The van der Waals surface area contributed by atoms with Crippen molar-refractivity contribution < 1.29 is 9.90 Å². The van der Waals surface area contributed by atoms with Crippen molar-refractivity contribution >= 4 is 27.3 Å². The van der Waals surface area contributed by atoms with Gasteiger partial charge < -0.3 is 16.2 Å². The molecule has 96 valence electrons. The third-order valence-electron chi connectivity index (χ3n) is 2.66. The number of hydrogen-bond donors (Lipinski definition) is 3. The van der Waals surface area contributed by atoms with E-state index >= 15 is 0 Å². The lowest BCUT2D eigenvalue weighted by Gasteiger charge is -2.11. The van der Waals surface area contributed by atoms with Crippen molar-refractivity contribution in [2.45, 2.75) is 19.1 Å². The fourth-order valence-electron chi connectivity index (χ4n) is 1.63. The van der Waals surface area contributed by atoms with Crippen molar-refractivity contribution in [1.82, 2.24) is 5.32 Å². The Labute approximate surface area is 109 Å². The van der Waals surface area contributed by atoms with Crippen LogP contribution in [-0.4, -0.2) is 23.6 Å². The first-order chi connectivity index (χ1) is 8.58. The Morgan fingerprint density at radius 2 is 2.22 bits per heavy atom. The number of carbonyl (C=O) groups is 1. The van der Waals surface area contributed by atoms with Crippen molar-refractivity contribution in [1.29, 1.82) is 0 Å². The molecule has 0 bridgehead atoms. The molecule has 1 unspecified atom stereocenters. The number of nitrogens with two attached hydrogens (primary N) is 1. The molecule has 0 aliphatic rings. The standard InChI is InChI=1S/C13H16N2O2S/c1-8(14)13(17)15-7-10(16)12-6-9-4-2-3-5-11(9)18-12/h2-6,8,10,16H,7,14H2,1H3,(H,15,17)/t8-,10?/m1/s1. The topological polar surface area (TPSA) is 75.4 Å². The summed E-state index contributed by atoms with van der Waals surface area (Å²) in [6.45, 7) is 1.80. The fourth-order valence-corrected chi connectivity index (χ4v) is 2.68. The Morgan fingerprint density at radius 1 is 1.50 bits per heavy atom. The highest BCUT2D eigenvalue weighted by atomic mass is 32.1. The predicted molar refractivity (Wildman–Crippen MR) is 73.4 cm³/mol. The maximum absolute atomic E-state index is 11.3. The highest BCUT2D eigenvalue weighted by molar-refractivity contribution is 7.19. The van der Waals surface area contributed by atoms with Crippen molar-refractivity contribution in [3.8, 4) is 0 Å². The minimum atomic E-state index is -0.690. The van der Waals surface area contributed by atoms with Gasteiger partial charge in [-0.3, -0.25) is 4.79 Å². The fraction of sp³-hybridized carbons (Fsp3) is 0.308. The van der Waals surface area contributed by atoms with Crippen LogP contribution in [0.25, 0.3) is 10.1 Å². The van der Waals surface area contributed by atoms with E-state index < -0.39 is 12.1 Å². The molecular formula is C13H16N2O2S.